The molecule has 0 amide bonds. The molecule has 0 aliphatic rings. The van der Waals surface area contributed by atoms with Crippen molar-refractivity contribution in [3.63, 3.8) is 0 Å². The maximum Gasteiger partial charge on any atom is 0.134 e. The highest BCUT2D eigenvalue weighted by atomic mass is 16.3. The lowest BCUT2D eigenvalue weighted by atomic mass is 9.99. The molecule has 0 radical (unpaired) electrons. The van der Waals surface area contributed by atoms with Crippen molar-refractivity contribution < 1.29 is 4.42 Å². The zero-order chi connectivity index (χ0) is 14.2. The lowest BCUT2D eigenvalue weighted by molar-refractivity contribution is 0.492. The SMILES string of the molecule is CCCCCCCCC(NC)c1coc2ccccc12. The van der Waals surface area contributed by atoms with Crippen molar-refractivity contribution in [1.29, 1.82) is 0 Å². The van der Waals surface area contributed by atoms with Gasteiger partial charge in [0, 0.05) is 17.0 Å². The average molecular weight is 273 g/mol. The molecule has 1 atom stereocenters. The molecular formula is C18H27NO. The average Bonchev–Trinajstić information content (AvgIpc) is 2.91. The molecule has 0 aliphatic carbocycles. The number of nitrogens with one attached hydrogen (secondary N) is 1. The number of hydrogen-bond acceptors (Lipinski definition) is 2. The van der Waals surface area contributed by atoms with E-state index in [0.29, 0.717) is 6.04 Å². The van der Waals surface area contributed by atoms with Crippen molar-refractivity contribution in [3.05, 3.63) is 36.1 Å². The Kier molecular flexibility index (Phi) is 6.13. The molecule has 0 saturated carbocycles. The second-order valence-electron chi connectivity index (χ2n) is 5.58. The Balaban J connectivity index is 1.88. The van der Waals surface area contributed by atoms with E-state index in [0.717, 1.165) is 5.58 Å². The van der Waals surface area contributed by atoms with Gasteiger partial charge in [-0.1, -0.05) is 63.6 Å². The summed E-state index contributed by atoms with van der Waals surface area (Å²) in [5.74, 6) is 0. The molecule has 2 heteroatoms. The minimum Gasteiger partial charge on any atom is -0.464 e. The number of fused-ring (bicyclic) bond motifs is 1. The third kappa shape index (κ3) is 3.86. The first-order valence-corrected chi connectivity index (χ1v) is 8.00. The Morgan fingerprint density at radius 3 is 2.60 bits per heavy atom. The topological polar surface area (TPSA) is 25.2 Å². The number of benzene rings is 1. The monoisotopic (exact) mass is 273 g/mol. The first-order valence-electron chi connectivity index (χ1n) is 8.00. The van der Waals surface area contributed by atoms with Crippen LogP contribution in [-0.2, 0) is 0 Å². The summed E-state index contributed by atoms with van der Waals surface area (Å²) >= 11 is 0. The number of rotatable bonds is 9. The van der Waals surface area contributed by atoms with E-state index >= 15 is 0 Å². The van der Waals surface area contributed by atoms with Gasteiger partial charge in [0.1, 0.15) is 5.58 Å². The van der Waals surface area contributed by atoms with E-state index in [1.54, 1.807) is 0 Å². The number of furan rings is 1. The highest BCUT2D eigenvalue weighted by molar-refractivity contribution is 5.81. The summed E-state index contributed by atoms with van der Waals surface area (Å²) in [6, 6.07) is 8.71. The molecule has 1 aromatic carbocycles. The fourth-order valence-electron chi connectivity index (χ4n) is 2.85. The number of unbranched alkanes of at least 4 members (excludes halogenated alkanes) is 5. The van der Waals surface area contributed by atoms with Gasteiger partial charge in [0.2, 0.25) is 0 Å². The Bertz CT molecular complexity index is 503. The summed E-state index contributed by atoms with van der Waals surface area (Å²) in [4.78, 5) is 0. The highest BCUT2D eigenvalue weighted by Gasteiger charge is 2.14. The van der Waals surface area contributed by atoms with Gasteiger partial charge in [0.15, 0.2) is 0 Å². The Hall–Kier alpha value is -1.28. The van der Waals surface area contributed by atoms with E-state index in [2.05, 4.69) is 24.4 Å². The summed E-state index contributed by atoms with van der Waals surface area (Å²) in [6.07, 6.45) is 11.2. The molecule has 2 rings (SSSR count). The van der Waals surface area contributed by atoms with Crippen LogP contribution >= 0.6 is 0 Å². The molecule has 1 heterocycles. The third-order valence-corrected chi connectivity index (χ3v) is 4.08. The van der Waals surface area contributed by atoms with Crippen LogP contribution in [0.4, 0.5) is 0 Å². The van der Waals surface area contributed by atoms with Crippen molar-refractivity contribution in [2.24, 2.45) is 0 Å². The molecular weight excluding hydrogens is 246 g/mol. The maximum absolute atomic E-state index is 5.65. The molecule has 0 saturated heterocycles. The smallest absolute Gasteiger partial charge is 0.134 e. The van der Waals surface area contributed by atoms with E-state index in [-0.39, 0.29) is 0 Å². The van der Waals surface area contributed by atoms with Crippen molar-refractivity contribution in [2.75, 3.05) is 7.05 Å². The Morgan fingerprint density at radius 2 is 1.80 bits per heavy atom. The first-order chi connectivity index (χ1) is 9.86. The van der Waals surface area contributed by atoms with E-state index in [4.69, 9.17) is 4.42 Å². The summed E-state index contributed by atoms with van der Waals surface area (Å²) in [5.41, 5.74) is 2.29. The van der Waals surface area contributed by atoms with Gasteiger partial charge < -0.3 is 9.73 Å². The van der Waals surface area contributed by atoms with Crippen LogP contribution in [0.15, 0.2) is 34.9 Å². The van der Waals surface area contributed by atoms with Gasteiger partial charge in [-0.3, -0.25) is 0 Å². The van der Waals surface area contributed by atoms with Gasteiger partial charge in [-0.2, -0.15) is 0 Å². The van der Waals surface area contributed by atoms with Crippen molar-refractivity contribution in [1.82, 2.24) is 5.32 Å². The van der Waals surface area contributed by atoms with Crippen molar-refractivity contribution in [3.8, 4) is 0 Å². The van der Waals surface area contributed by atoms with Crippen molar-refractivity contribution in [2.45, 2.75) is 57.9 Å². The van der Waals surface area contributed by atoms with Crippen LogP contribution in [0.3, 0.4) is 0 Å². The van der Waals surface area contributed by atoms with Gasteiger partial charge in [0.05, 0.1) is 6.26 Å². The van der Waals surface area contributed by atoms with Crippen LogP contribution < -0.4 is 5.32 Å². The fraction of sp³-hybridized carbons (Fsp3) is 0.556. The molecule has 0 bridgehead atoms. The van der Waals surface area contributed by atoms with Gasteiger partial charge in [0.25, 0.3) is 0 Å². The summed E-state index contributed by atoms with van der Waals surface area (Å²) in [6.45, 7) is 2.26. The van der Waals surface area contributed by atoms with E-state index in [1.807, 2.05) is 25.4 Å². The molecule has 2 aromatic rings. The normalized spacial score (nSPS) is 12.9. The minimum absolute atomic E-state index is 0.407. The molecule has 20 heavy (non-hydrogen) atoms. The van der Waals surface area contributed by atoms with Crippen LogP contribution in [0, 0.1) is 0 Å². The predicted molar refractivity (Wildman–Crippen MR) is 86.0 cm³/mol. The molecule has 1 N–H and O–H groups in total. The fourth-order valence-corrected chi connectivity index (χ4v) is 2.85. The molecule has 1 aromatic heterocycles. The van der Waals surface area contributed by atoms with Crippen LogP contribution in [0.2, 0.25) is 0 Å². The van der Waals surface area contributed by atoms with Crippen LogP contribution in [0.25, 0.3) is 11.0 Å². The number of para-hydroxylation sites is 1. The Morgan fingerprint density at radius 1 is 1.05 bits per heavy atom. The highest BCUT2D eigenvalue weighted by Crippen LogP contribution is 2.29. The largest absolute Gasteiger partial charge is 0.464 e. The lowest BCUT2D eigenvalue weighted by Crippen LogP contribution is -2.15. The second-order valence-corrected chi connectivity index (χ2v) is 5.58. The molecule has 0 fully saturated rings. The number of hydrogen-bond donors (Lipinski definition) is 1. The van der Waals surface area contributed by atoms with Gasteiger partial charge in [-0.05, 0) is 19.5 Å². The lowest BCUT2D eigenvalue weighted by Gasteiger charge is -2.15. The third-order valence-electron chi connectivity index (χ3n) is 4.08. The predicted octanol–water partition coefficient (Wildman–Crippen LogP) is 5.44. The van der Waals surface area contributed by atoms with Crippen LogP contribution in [-0.4, -0.2) is 7.05 Å². The summed E-state index contributed by atoms with van der Waals surface area (Å²) < 4.78 is 5.65. The zero-order valence-electron chi connectivity index (χ0n) is 12.8. The Labute approximate surface area is 122 Å². The molecule has 1 unspecified atom stereocenters. The molecule has 2 nitrogen and oxygen atoms in total. The van der Waals surface area contributed by atoms with Crippen LogP contribution in [0.1, 0.15) is 63.5 Å². The summed E-state index contributed by atoms with van der Waals surface area (Å²) in [7, 11) is 2.05. The first kappa shape index (κ1) is 15.1. The molecule has 0 spiro atoms. The molecule has 0 aliphatic heterocycles. The van der Waals surface area contributed by atoms with Crippen LogP contribution in [0.5, 0.6) is 0 Å². The zero-order valence-corrected chi connectivity index (χ0v) is 12.8. The van der Waals surface area contributed by atoms with Gasteiger partial charge in [-0.15, -0.1) is 0 Å². The van der Waals surface area contributed by atoms with Crippen molar-refractivity contribution >= 4 is 11.0 Å². The van der Waals surface area contributed by atoms with E-state index in [1.165, 1.54) is 55.9 Å². The summed E-state index contributed by atoms with van der Waals surface area (Å²) in [5, 5.41) is 4.69. The van der Waals surface area contributed by atoms with E-state index in [9.17, 15) is 0 Å². The minimum atomic E-state index is 0.407. The second kappa shape index (κ2) is 8.11. The van der Waals surface area contributed by atoms with Gasteiger partial charge >= 0.3 is 0 Å². The molecule has 110 valence electrons. The van der Waals surface area contributed by atoms with E-state index < -0.39 is 0 Å². The van der Waals surface area contributed by atoms with Gasteiger partial charge in [-0.25, -0.2) is 0 Å². The standard InChI is InChI=1S/C18H27NO/c1-3-4-5-6-7-8-12-17(19-2)16-14-20-18-13-10-9-11-15(16)18/h9-11,13-14,17,19H,3-8,12H2,1-2H3. The quantitative estimate of drug-likeness (QED) is 0.615. The maximum atomic E-state index is 5.65.